The molecule has 2 N–H and O–H groups in total. The molecule has 0 atom stereocenters. The standard InChI is InChI=1S/C16H17N3O2/c1-11-4-2-3-5-12(11)16(6-7-16)10-19-14-9-17-13(8-18-14)15(20)21/h2-5,8-9H,6-7,10H2,1H3,(H,18,19)(H,20,21). The number of rotatable bonds is 5. The molecule has 0 spiro atoms. The Hall–Kier alpha value is -2.43. The maximum absolute atomic E-state index is 10.7. The van der Waals surface area contributed by atoms with Crippen molar-refractivity contribution in [2.75, 3.05) is 11.9 Å². The summed E-state index contributed by atoms with van der Waals surface area (Å²) < 4.78 is 0. The summed E-state index contributed by atoms with van der Waals surface area (Å²) in [5, 5.41) is 12.1. The SMILES string of the molecule is Cc1ccccc1C1(CNc2cnc(C(=O)O)cn2)CC1. The molecule has 1 saturated carbocycles. The average molecular weight is 283 g/mol. The lowest BCUT2D eigenvalue weighted by atomic mass is 9.92. The molecular formula is C16H17N3O2. The van der Waals surface area contributed by atoms with Crippen LogP contribution in [0.5, 0.6) is 0 Å². The maximum atomic E-state index is 10.7. The lowest BCUT2D eigenvalue weighted by molar-refractivity contribution is 0.0690. The van der Waals surface area contributed by atoms with Crippen molar-refractivity contribution in [3.63, 3.8) is 0 Å². The molecule has 1 aliphatic carbocycles. The normalized spacial score (nSPS) is 15.5. The quantitative estimate of drug-likeness (QED) is 0.882. The molecule has 0 aliphatic heterocycles. The monoisotopic (exact) mass is 283 g/mol. The van der Waals surface area contributed by atoms with Crippen LogP contribution in [0.15, 0.2) is 36.7 Å². The third-order valence-corrected chi connectivity index (χ3v) is 4.05. The second-order valence-electron chi connectivity index (χ2n) is 5.54. The lowest BCUT2D eigenvalue weighted by Gasteiger charge is -2.19. The van der Waals surface area contributed by atoms with Crippen LogP contribution in [-0.4, -0.2) is 27.6 Å². The number of nitrogens with zero attached hydrogens (tertiary/aromatic N) is 2. The molecule has 21 heavy (non-hydrogen) atoms. The van der Waals surface area contributed by atoms with Crippen LogP contribution >= 0.6 is 0 Å². The van der Waals surface area contributed by atoms with Gasteiger partial charge in [0.2, 0.25) is 0 Å². The van der Waals surface area contributed by atoms with Crippen LogP contribution in [0.3, 0.4) is 0 Å². The average Bonchev–Trinajstić information content (AvgIpc) is 3.27. The molecule has 3 rings (SSSR count). The van der Waals surface area contributed by atoms with Crippen molar-refractivity contribution >= 4 is 11.8 Å². The minimum atomic E-state index is -1.06. The predicted molar refractivity (Wildman–Crippen MR) is 79.6 cm³/mol. The van der Waals surface area contributed by atoms with Gasteiger partial charge in [-0.15, -0.1) is 0 Å². The van der Waals surface area contributed by atoms with E-state index in [-0.39, 0.29) is 11.1 Å². The van der Waals surface area contributed by atoms with Crippen molar-refractivity contribution in [1.29, 1.82) is 0 Å². The number of aryl methyl sites for hydroxylation is 1. The fraction of sp³-hybridized carbons (Fsp3) is 0.312. The zero-order valence-corrected chi connectivity index (χ0v) is 11.8. The summed E-state index contributed by atoms with van der Waals surface area (Å²) >= 11 is 0. The summed E-state index contributed by atoms with van der Waals surface area (Å²) in [5.41, 5.74) is 2.83. The highest BCUT2D eigenvalue weighted by atomic mass is 16.4. The van der Waals surface area contributed by atoms with Crippen LogP contribution in [0.4, 0.5) is 5.82 Å². The summed E-state index contributed by atoms with van der Waals surface area (Å²) in [6.07, 6.45) is 5.06. The highest BCUT2D eigenvalue weighted by molar-refractivity contribution is 5.84. The number of aromatic carboxylic acids is 1. The smallest absolute Gasteiger partial charge is 0.356 e. The second-order valence-corrected chi connectivity index (χ2v) is 5.54. The number of aromatic nitrogens is 2. The maximum Gasteiger partial charge on any atom is 0.356 e. The number of carboxylic acid groups (broad SMARTS) is 1. The van der Waals surface area contributed by atoms with E-state index in [2.05, 4.69) is 46.5 Å². The molecule has 1 fully saturated rings. The Morgan fingerprint density at radius 2 is 2.05 bits per heavy atom. The molecule has 108 valence electrons. The van der Waals surface area contributed by atoms with E-state index in [9.17, 15) is 4.79 Å². The molecule has 0 radical (unpaired) electrons. The van der Waals surface area contributed by atoms with Crippen LogP contribution < -0.4 is 5.32 Å². The van der Waals surface area contributed by atoms with Crippen LogP contribution in [0.25, 0.3) is 0 Å². The van der Waals surface area contributed by atoms with Crippen molar-refractivity contribution in [2.24, 2.45) is 0 Å². The van der Waals surface area contributed by atoms with Gasteiger partial charge in [-0.25, -0.2) is 14.8 Å². The van der Waals surface area contributed by atoms with Crippen molar-refractivity contribution in [3.8, 4) is 0 Å². The Bertz CT molecular complexity index is 663. The molecule has 1 aromatic carbocycles. The van der Waals surface area contributed by atoms with E-state index in [4.69, 9.17) is 5.11 Å². The molecule has 0 saturated heterocycles. The van der Waals surface area contributed by atoms with Crippen molar-refractivity contribution in [1.82, 2.24) is 9.97 Å². The molecule has 1 aliphatic rings. The topological polar surface area (TPSA) is 75.1 Å². The molecular weight excluding hydrogens is 266 g/mol. The minimum Gasteiger partial charge on any atom is -0.476 e. The van der Waals surface area contributed by atoms with Gasteiger partial charge in [0.05, 0.1) is 12.4 Å². The van der Waals surface area contributed by atoms with Crippen molar-refractivity contribution in [2.45, 2.75) is 25.2 Å². The minimum absolute atomic E-state index is 0.0411. The number of benzene rings is 1. The molecule has 2 aromatic rings. The number of hydrogen-bond acceptors (Lipinski definition) is 4. The number of carboxylic acids is 1. The Morgan fingerprint density at radius 1 is 1.29 bits per heavy atom. The molecule has 0 amide bonds. The Kier molecular flexibility index (Phi) is 3.33. The molecule has 0 unspecified atom stereocenters. The van der Waals surface area contributed by atoms with Gasteiger partial charge in [-0.3, -0.25) is 0 Å². The first-order valence-corrected chi connectivity index (χ1v) is 6.96. The van der Waals surface area contributed by atoms with Gasteiger partial charge in [0.25, 0.3) is 0 Å². The number of hydrogen-bond donors (Lipinski definition) is 2. The van der Waals surface area contributed by atoms with E-state index in [1.54, 1.807) is 0 Å². The molecule has 5 nitrogen and oxygen atoms in total. The third-order valence-electron chi connectivity index (χ3n) is 4.05. The van der Waals surface area contributed by atoms with Gasteiger partial charge in [0.15, 0.2) is 5.69 Å². The van der Waals surface area contributed by atoms with Gasteiger partial charge < -0.3 is 10.4 Å². The summed E-state index contributed by atoms with van der Waals surface area (Å²) in [5.74, 6) is -0.451. The summed E-state index contributed by atoms with van der Waals surface area (Å²) in [6.45, 7) is 2.93. The first-order chi connectivity index (χ1) is 10.1. The summed E-state index contributed by atoms with van der Waals surface area (Å²) in [7, 11) is 0. The van der Waals surface area contributed by atoms with Gasteiger partial charge in [-0.1, -0.05) is 24.3 Å². The Morgan fingerprint density at radius 3 is 2.62 bits per heavy atom. The van der Waals surface area contributed by atoms with Gasteiger partial charge in [0, 0.05) is 12.0 Å². The van der Waals surface area contributed by atoms with E-state index >= 15 is 0 Å². The van der Waals surface area contributed by atoms with Gasteiger partial charge in [-0.05, 0) is 30.9 Å². The lowest BCUT2D eigenvalue weighted by Crippen LogP contribution is -2.21. The Labute approximate surface area is 123 Å². The van der Waals surface area contributed by atoms with Crippen LogP contribution in [0, 0.1) is 6.92 Å². The highest BCUT2D eigenvalue weighted by Gasteiger charge is 2.44. The highest BCUT2D eigenvalue weighted by Crippen LogP contribution is 2.49. The zero-order valence-electron chi connectivity index (χ0n) is 11.8. The molecule has 1 heterocycles. The summed E-state index contributed by atoms with van der Waals surface area (Å²) in [4.78, 5) is 18.7. The van der Waals surface area contributed by atoms with E-state index in [1.165, 1.54) is 23.5 Å². The van der Waals surface area contributed by atoms with E-state index in [0.717, 1.165) is 19.4 Å². The number of anilines is 1. The largest absolute Gasteiger partial charge is 0.476 e. The van der Waals surface area contributed by atoms with Gasteiger partial charge in [-0.2, -0.15) is 0 Å². The van der Waals surface area contributed by atoms with Crippen LogP contribution in [-0.2, 0) is 5.41 Å². The zero-order chi connectivity index (χ0) is 14.9. The Balaban J connectivity index is 1.70. The predicted octanol–water partition coefficient (Wildman–Crippen LogP) is 2.63. The fourth-order valence-electron chi connectivity index (χ4n) is 2.65. The van der Waals surface area contributed by atoms with E-state index < -0.39 is 5.97 Å². The molecule has 5 heteroatoms. The fourth-order valence-corrected chi connectivity index (χ4v) is 2.65. The van der Waals surface area contributed by atoms with Crippen molar-refractivity contribution in [3.05, 3.63) is 53.5 Å². The molecule has 0 bridgehead atoms. The van der Waals surface area contributed by atoms with Gasteiger partial charge >= 0.3 is 5.97 Å². The summed E-state index contributed by atoms with van der Waals surface area (Å²) in [6, 6.07) is 8.45. The number of nitrogens with one attached hydrogen (secondary N) is 1. The second kappa shape index (κ2) is 5.16. The van der Waals surface area contributed by atoms with Gasteiger partial charge in [0.1, 0.15) is 5.82 Å². The third kappa shape index (κ3) is 2.72. The van der Waals surface area contributed by atoms with Crippen molar-refractivity contribution < 1.29 is 9.90 Å². The first kappa shape index (κ1) is 13.5. The molecule has 1 aromatic heterocycles. The number of carbonyl (C=O) groups is 1. The van der Waals surface area contributed by atoms with E-state index in [1.807, 2.05) is 0 Å². The van der Waals surface area contributed by atoms with Crippen LogP contribution in [0.1, 0.15) is 34.5 Å². The van der Waals surface area contributed by atoms with Crippen LogP contribution in [0.2, 0.25) is 0 Å². The first-order valence-electron chi connectivity index (χ1n) is 6.96. The van der Waals surface area contributed by atoms with E-state index in [0.29, 0.717) is 5.82 Å².